The number of thioether (sulfide) groups is 1. The summed E-state index contributed by atoms with van der Waals surface area (Å²) in [5.74, 6) is 1.04. The first-order valence-corrected chi connectivity index (χ1v) is 5.83. The fourth-order valence-electron chi connectivity index (χ4n) is 1.48. The van der Waals surface area contributed by atoms with Crippen molar-refractivity contribution in [2.24, 2.45) is 0 Å². The van der Waals surface area contributed by atoms with Gasteiger partial charge in [-0.3, -0.25) is 0 Å². The van der Waals surface area contributed by atoms with E-state index in [1.165, 1.54) is 10.6 Å². The Morgan fingerprint density at radius 1 is 1.29 bits per heavy atom. The van der Waals surface area contributed by atoms with E-state index in [-0.39, 0.29) is 0 Å². The van der Waals surface area contributed by atoms with Gasteiger partial charge in [0, 0.05) is 16.8 Å². The highest BCUT2D eigenvalue weighted by Crippen LogP contribution is 2.32. The maximum absolute atomic E-state index is 3.87. The van der Waals surface area contributed by atoms with Crippen molar-refractivity contribution in [1.29, 1.82) is 0 Å². The minimum atomic E-state index is 0.988. The summed E-state index contributed by atoms with van der Waals surface area (Å²) in [4.78, 5) is 3.74. The SMILES string of the molecule is [CH2]CCC1=CN(c2ccccc2)CS1. The van der Waals surface area contributed by atoms with Crippen LogP contribution in [-0.2, 0) is 0 Å². The average Bonchev–Trinajstić information content (AvgIpc) is 2.68. The third-order valence-corrected chi connectivity index (χ3v) is 3.29. The van der Waals surface area contributed by atoms with Gasteiger partial charge in [-0.15, -0.1) is 11.8 Å². The lowest BCUT2D eigenvalue weighted by Gasteiger charge is -2.13. The van der Waals surface area contributed by atoms with Crippen LogP contribution < -0.4 is 4.90 Å². The highest BCUT2D eigenvalue weighted by molar-refractivity contribution is 8.03. The number of allylic oxidation sites excluding steroid dienone is 1. The molecule has 1 nitrogen and oxygen atoms in total. The van der Waals surface area contributed by atoms with Crippen LogP contribution in [0, 0.1) is 6.92 Å². The van der Waals surface area contributed by atoms with Crippen LogP contribution in [-0.4, -0.2) is 5.88 Å². The number of benzene rings is 1. The van der Waals surface area contributed by atoms with E-state index in [0.717, 1.165) is 18.7 Å². The second-order valence-corrected chi connectivity index (χ2v) is 4.35. The van der Waals surface area contributed by atoms with Crippen LogP contribution in [0.25, 0.3) is 0 Å². The van der Waals surface area contributed by atoms with Crippen molar-refractivity contribution in [3.05, 3.63) is 48.4 Å². The van der Waals surface area contributed by atoms with E-state index < -0.39 is 0 Å². The predicted octanol–water partition coefficient (Wildman–Crippen LogP) is 3.65. The second kappa shape index (κ2) is 4.56. The van der Waals surface area contributed by atoms with E-state index in [9.17, 15) is 0 Å². The Morgan fingerprint density at radius 3 is 2.79 bits per heavy atom. The lowest BCUT2D eigenvalue weighted by atomic mass is 10.3. The number of anilines is 1. The van der Waals surface area contributed by atoms with Crippen LogP contribution in [0.1, 0.15) is 12.8 Å². The first-order valence-electron chi connectivity index (χ1n) is 4.84. The van der Waals surface area contributed by atoms with Crippen LogP contribution in [0.2, 0.25) is 0 Å². The molecule has 0 unspecified atom stereocenters. The normalized spacial score (nSPS) is 15.8. The summed E-state index contributed by atoms with van der Waals surface area (Å²) in [5, 5.41) is 0. The van der Waals surface area contributed by atoms with Crippen molar-refractivity contribution >= 4 is 17.4 Å². The Hall–Kier alpha value is -0.890. The largest absolute Gasteiger partial charge is 0.337 e. The summed E-state index contributed by atoms with van der Waals surface area (Å²) in [7, 11) is 0. The molecular weight excluding hydrogens is 190 g/mol. The van der Waals surface area contributed by atoms with Crippen LogP contribution in [0.4, 0.5) is 5.69 Å². The molecule has 2 heteroatoms. The summed E-state index contributed by atoms with van der Waals surface area (Å²) >= 11 is 1.92. The average molecular weight is 204 g/mol. The molecule has 0 atom stereocenters. The summed E-state index contributed by atoms with van der Waals surface area (Å²) in [5.41, 5.74) is 1.28. The molecule has 73 valence electrons. The zero-order valence-electron chi connectivity index (χ0n) is 8.15. The van der Waals surface area contributed by atoms with Gasteiger partial charge in [0.15, 0.2) is 0 Å². The molecule has 0 fully saturated rings. The standard InChI is InChI=1S/C12H14NS/c1-2-6-12-9-13(10-14-12)11-7-4-3-5-8-11/h3-5,7-9H,1-2,6,10H2. The fraction of sp³-hybridized carbons (Fsp3) is 0.250. The van der Waals surface area contributed by atoms with Gasteiger partial charge in [0.05, 0.1) is 5.88 Å². The van der Waals surface area contributed by atoms with Crippen LogP contribution in [0.3, 0.4) is 0 Å². The van der Waals surface area contributed by atoms with E-state index in [4.69, 9.17) is 0 Å². The van der Waals surface area contributed by atoms with Gasteiger partial charge in [0.1, 0.15) is 0 Å². The molecule has 0 aromatic heterocycles. The van der Waals surface area contributed by atoms with E-state index >= 15 is 0 Å². The first kappa shape index (κ1) is 9.66. The van der Waals surface area contributed by atoms with Crippen LogP contribution >= 0.6 is 11.8 Å². The Kier molecular flexibility index (Phi) is 3.14. The van der Waals surface area contributed by atoms with Gasteiger partial charge in [0.2, 0.25) is 0 Å². The van der Waals surface area contributed by atoms with Gasteiger partial charge in [-0.05, 0) is 25.0 Å². The minimum absolute atomic E-state index is 0.988. The smallest absolute Gasteiger partial charge is 0.0726 e. The molecule has 0 saturated carbocycles. The van der Waals surface area contributed by atoms with E-state index in [2.05, 4.69) is 42.3 Å². The molecule has 0 aliphatic carbocycles. The Balaban J connectivity index is 2.08. The summed E-state index contributed by atoms with van der Waals surface area (Å²) in [6, 6.07) is 10.5. The van der Waals surface area contributed by atoms with Crippen LogP contribution in [0.15, 0.2) is 41.4 Å². The first-order chi connectivity index (χ1) is 6.90. The number of nitrogens with zero attached hydrogens (tertiary/aromatic N) is 1. The molecule has 0 N–H and O–H groups in total. The number of para-hydroxylation sites is 1. The molecule has 1 aliphatic rings. The molecular formula is C12H14NS. The van der Waals surface area contributed by atoms with Crippen molar-refractivity contribution < 1.29 is 0 Å². The Labute approximate surface area is 89.8 Å². The van der Waals surface area contributed by atoms with E-state index in [1.807, 2.05) is 17.8 Å². The third kappa shape index (κ3) is 2.13. The zero-order valence-corrected chi connectivity index (χ0v) is 8.96. The van der Waals surface area contributed by atoms with Gasteiger partial charge < -0.3 is 4.90 Å². The molecule has 1 aliphatic heterocycles. The van der Waals surface area contributed by atoms with Crippen molar-refractivity contribution in [2.75, 3.05) is 10.8 Å². The maximum Gasteiger partial charge on any atom is 0.0726 e. The van der Waals surface area contributed by atoms with Gasteiger partial charge in [-0.2, -0.15) is 0 Å². The molecule has 1 aromatic rings. The third-order valence-electron chi connectivity index (χ3n) is 2.20. The molecule has 1 aromatic carbocycles. The Morgan fingerprint density at radius 2 is 2.07 bits per heavy atom. The van der Waals surface area contributed by atoms with Crippen LogP contribution in [0.5, 0.6) is 0 Å². The molecule has 1 heterocycles. The monoisotopic (exact) mass is 204 g/mol. The van der Waals surface area contributed by atoms with Gasteiger partial charge in [-0.25, -0.2) is 0 Å². The van der Waals surface area contributed by atoms with E-state index in [1.54, 1.807) is 0 Å². The molecule has 0 bridgehead atoms. The predicted molar refractivity (Wildman–Crippen MR) is 64.1 cm³/mol. The number of hydrogen-bond donors (Lipinski definition) is 0. The minimum Gasteiger partial charge on any atom is -0.337 e. The van der Waals surface area contributed by atoms with Crippen molar-refractivity contribution in [3.8, 4) is 0 Å². The van der Waals surface area contributed by atoms with Crippen molar-refractivity contribution in [3.63, 3.8) is 0 Å². The molecule has 0 saturated heterocycles. The summed E-state index contributed by atoms with van der Waals surface area (Å²) in [6.45, 7) is 3.87. The van der Waals surface area contributed by atoms with E-state index in [0.29, 0.717) is 0 Å². The molecule has 0 amide bonds. The van der Waals surface area contributed by atoms with Gasteiger partial charge >= 0.3 is 0 Å². The lowest BCUT2D eigenvalue weighted by Crippen LogP contribution is -2.09. The Bertz CT molecular complexity index is 318. The van der Waals surface area contributed by atoms with Crippen molar-refractivity contribution in [1.82, 2.24) is 0 Å². The summed E-state index contributed by atoms with van der Waals surface area (Å²) < 4.78 is 0. The molecule has 2 rings (SSSR count). The van der Waals surface area contributed by atoms with Gasteiger partial charge in [0.25, 0.3) is 0 Å². The fourth-order valence-corrected chi connectivity index (χ4v) is 2.50. The second-order valence-electron chi connectivity index (χ2n) is 3.28. The van der Waals surface area contributed by atoms with Gasteiger partial charge in [-0.1, -0.05) is 25.1 Å². The maximum atomic E-state index is 3.87. The highest BCUT2D eigenvalue weighted by atomic mass is 32.2. The molecule has 1 radical (unpaired) electrons. The number of rotatable bonds is 3. The lowest BCUT2D eigenvalue weighted by molar-refractivity contribution is 1.03. The number of hydrogen-bond acceptors (Lipinski definition) is 2. The molecule has 0 spiro atoms. The zero-order chi connectivity index (χ0) is 9.80. The molecule has 14 heavy (non-hydrogen) atoms. The summed E-state index contributed by atoms with van der Waals surface area (Å²) in [6.07, 6.45) is 4.33. The van der Waals surface area contributed by atoms with Crippen molar-refractivity contribution in [2.45, 2.75) is 12.8 Å². The topological polar surface area (TPSA) is 3.24 Å². The highest BCUT2D eigenvalue weighted by Gasteiger charge is 2.12. The quantitative estimate of drug-likeness (QED) is 0.739.